The van der Waals surface area contributed by atoms with Crippen molar-refractivity contribution in [3.63, 3.8) is 0 Å². The summed E-state index contributed by atoms with van der Waals surface area (Å²) in [5.41, 5.74) is 4.83. The zero-order valence-electron chi connectivity index (χ0n) is 20.2. The molecule has 1 aromatic heterocycles. The van der Waals surface area contributed by atoms with Crippen LogP contribution in [0.5, 0.6) is 5.75 Å². The van der Waals surface area contributed by atoms with Crippen LogP contribution in [0, 0.1) is 11.8 Å². The molecule has 178 valence electrons. The first-order valence-electron chi connectivity index (χ1n) is 12.2. The van der Waals surface area contributed by atoms with Gasteiger partial charge in [-0.25, -0.2) is 0 Å². The number of piperidine rings is 3. The third-order valence-corrected chi connectivity index (χ3v) is 7.71. The topological polar surface area (TPSA) is 43.8 Å². The third-order valence-electron chi connectivity index (χ3n) is 7.71. The van der Waals surface area contributed by atoms with Crippen molar-refractivity contribution in [2.24, 2.45) is 11.8 Å². The van der Waals surface area contributed by atoms with Gasteiger partial charge >= 0.3 is 0 Å². The van der Waals surface area contributed by atoms with E-state index < -0.39 is 0 Å². The highest BCUT2D eigenvalue weighted by Gasteiger charge is 2.43. The number of benzene rings is 2. The number of hydrogen-bond donors (Lipinski definition) is 0. The number of methoxy groups -OCH3 is 2. The zero-order valence-corrected chi connectivity index (χ0v) is 20.2. The van der Waals surface area contributed by atoms with E-state index >= 15 is 0 Å². The average molecular weight is 459 g/mol. The predicted octanol–water partition coefficient (Wildman–Crippen LogP) is 5.39. The molecule has 5 nitrogen and oxygen atoms in total. The quantitative estimate of drug-likeness (QED) is 0.244. The van der Waals surface area contributed by atoms with Crippen LogP contribution in [0.25, 0.3) is 10.9 Å². The summed E-state index contributed by atoms with van der Waals surface area (Å²) in [6.45, 7) is 7.17. The second-order valence-electron chi connectivity index (χ2n) is 9.46. The van der Waals surface area contributed by atoms with Gasteiger partial charge in [-0.2, -0.15) is 0 Å². The van der Waals surface area contributed by atoms with Crippen LogP contribution in [0.2, 0.25) is 0 Å². The van der Waals surface area contributed by atoms with Gasteiger partial charge < -0.3 is 14.2 Å². The predicted molar refractivity (Wildman–Crippen MR) is 135 cm³/mol. The van der Waals surface area contributed by atoms with Crippen molar-refractivity contribution in [1.29, 1.82) is 0 Å². The van der Waals surface area contributed by atoms with Gasteiger partial charge in [0.25, 0.3) is 0 Å². The molecule has 0 spiro atoms. The molecule has 0 saturated carbocycles. The first kappa shape index (κ1) is 23.0. The maximum atomic E-state index is 5.82. The molecular formula is C29H34N2O3. The molecule has 0 N–H and O–H groups in total. The number of ether oxygens (including phenoxy) is 3. The fourth-order valence-electron chi connectivity index (χ4n) is 6.05. The number of pyridine rings is 1. The minimum Gasteiger partial charge on any atom is -0.497 e. The smallest absolute Gasteiger partial charge is 0.146 e. The molecule has 3 fully saturated rings. The minimum absolute atomic E-state index is 0.202. The number of nitrogens with zero attached hydrogens (tertiary/aromatic N) is 2. The molecule has 4 heterocycles. The van der Waals surface area contributed by atoms with Gasteiger partial charge in [-0.3, -0.25) is 9.88 Å². The Hall–Kier alpha value is -2.73. The van der Waals surface area contributed by atoms with E-state index in [0.29, 0.717) is 24.5 Å². The first-order chi connectivity index (χ1) is 16.7. The Morgan fingerprint density at radius 1 is 1.15 bits per heavy atom. The van der Waals surface area contributed by atoms with Crippen molar-refractivity contribution in [3.8, 4) is 5.75 Å². The molecule has 3 saturated heterocycles. The Labute approximate surface area is 202 Å². The Balaban J connectivity index is 1.64. The van der Waals surface area contributed by atoms with Crippen molar-refractivity contribution in [1.82, 2.24) is 9.88 Å². The van der Waals surface area contributed by atoms with Gasteiger partial charge in [-0.1, -0.05) is 30.3 Å². The molecular weight excluding hydrogens is 424 g/mol. The van der Waals surface area contributed by atoms with E-state index in [1.807, 2.05) is 12.3 Å². The van der Waals surface area contributed by atoms with Crippen LogP contribution in [-0.4, -0.2) is 50.0 Å². The number of aromatic nitrogens is 1. The maximum Gasteiger partial charge on any atom is 0.146 e. The zero-order chi connectivity index (χ0) is 23.5. The van der Waals surface area contributed by atoms with Gasteiger partial charge in [0.05, 0.1) is 19.2 Å². The van der Waals surface area contributed by atoms with Gasteiger partial charge in [0.1, 0.15) is 12.5 Å². The van der Waals surface area contributed by atoms with E-state index in [0.717, 1.165) is 29.7 Å². The second kappa shape index (κ2) is 10.3. The molecule has 1 unspecified atom stereocenters. The van der Waals surface area contributed by atoms with Crippen LogP contribution in [0.4, 0.5) is 0 Å². The van der Waals surface area contributed by atoms with E-state index in [1.54, 1.807) is 14.2 Å². The lowest BCUT2D eigenvalue weighted by Crippen LogP contribution is -2.55. The molecule has 3 aromatic rings. The summed E-state index contributed by atoms with van der Waals surface area (Å²) in [5, 5.41) is 1.15. The molecule has 0 aliphatic carbocycles. The summed E-state index contributed by atoms with van der Waals surface area (Å²) in [7, 11) is 3.38. The van der Waals surface area contributed by atoms with Crippen molar-refractivity contribution in [3.05, 3.63) is 84.1 Å². The third kappa shape index (κ3) is 4.36. The molecule has 6 rings (SSSR count). The average Bonchev–Trinajstić information content (AvgIpc) is 2.90. The molecule has 5 atom stereocenters. The van der Waals surface area contributed by atoms with Crippen LogP contribution in [0.1, 0.15) is 35.4 Å². The van der Waals surface area contributed by atoms with Crippen LogP contribution in [0.15, 0.2) is 67.4 Å². The minimum atomic E-state index is 0.202. The molecule has 5 heteroatoms. The van der Waals surface area contributed by atoms with Gasteiger partial charge in [0, 0.05) is 37.2 Å². The van der Waals surface area contributed by atoms with Gasteiger partial charge in [-0.15, -0.1) is 6.58 Å². The lowest BCUT2D eigenvalue weighted by molar-refractivity contribution is -0.0395. The van der Waals surface area contributed by atoms with Gasteiger partial charge in [0.2, 0.25) is 0 Å². The highest BCUT2D eigenvalue weighted by molar-refractivity contribution is 5.84. The van der Waals surface area contributed by atoms with E-state index in [1.165, 1.54) is 29.5 Å². The highest BCUT2D eigenvalue weighted by atomic mass is 16.7. The van der Waals surface area contributed by atoms with Gasteiger partial charge in [-0.05, 0) is 72.2 Å². The molecule has 0 amide bonds. The maximum absolute atomic E-state index is 5.82. The van der Waals surface area contributed by atoms with Crippen molar-refractivity contribution < 1.29 is 14.2 Å². The number of rotatable bonds is 9. The molecule has 0 radical (unpaired) electrons. The number of fused-ring (bicyclic) bond motifs is 4. The molecule has 3 aliphatic rings. The molecule has 2 bridgehead atoms. The highest BCUT2D eigenvalue weighted by Crippen LogP contribution is 2.46. The van der Waals surface area contributed by atoms with Crippen molar-refractivity contribution >= 4 is 10.9 Å². The lowest BCUT2D eigenvalue weighted by atomic mass is 9.69. The summed E-state index contributed by atoms with van der Waals surface area (Å²) in [6, 6.07) is 17.5. The standard InChI is InChI=1S/C29H34N2O3/c1-4-20-17-31-14-12-21(20)15-28(31)29(24-8-6-5-7-22(24)18-34-19-32-2)25-11-13-30-27-10-9-23(33-3)16-26(25)27/h4-11,13,16,20-21,28-29H,1,12,14-15,17-19H2,2-3H3/t20-,21-,28+,29+/m0/s1. The molecule has 34 heavy (non-hydrogen) atoms. The summed E-state index contributed by atoms with van der Waals surface area (Å²) in [6.07, 6.45) is 6.54. The van der Waals surface area contributed by atoms with Crippen LogP contribution in [0.3, 0.4) is 0 Å². The van der Waals surface area contributed by atoms with Crippen LogP contribution < -0.4 is 4.74 Å². The second-order valence-corrected chi connectivity index (χ2v) is 9.46. The molecule has 2 aromatic carbocycles. The summed E-state index contributed by atoms with van der Waals surface area (Å²) in [5.74, 6) is 2.33. The fourth-order valence-corrected chi connectivity index (χ4v) is 6.05. The fraction of sp³-hybridized carbons (Fsp3) is 0.414. The van der Waals surface area contributed by atoms with Crippen LogP contribution in [-0.2, 0) is 16.1 Å². The Kier molecular flexibility index (Phi) is 6.95. The van der Waals surface area contributed by atoms with E-state index in [-0.39, 0.29) is 12.7 Å². The Morgan fingerprint density at radius 2 is 2.03 bits per heavy atom. The largest absolute Gasteiger partial charge is 0.497 e. The number of hydrogen-bond acceptors (Lipinski definition) is 5. The van der Waals surface area contributed by atoms with Crippen LogP contribution >= 0.6 is 0 Å². The van der Waals surface area contributed by atoms with E-state index in [4.69, 9.17) is 14.2 Å². The summed E-state index contributed by atoms with van der Waals surface area (Å²) < 4.78 is 16.6. The van der Waals surface area contributed by atoms with Crippen molar-refractivity contribution in [2.45, 2.75) is 31.4 Å². The summed E-state index contributed by atoms with van der Waals surface area (Å²) in [4.78, 5) is 7.36. The Bertz CT molecular complexity index is 1150. The Morgan fingerprint density at radius 3 is 2.79 bits per heavy atom. The normalized spacial score (nSPS) is 24.8. The first-order valence-corrected chi connectivity index (χ1v) is 12.2. The molecule has 3 aliphatic heterocycles. The summed E-state index contributed by atoms with van der Waals surface area (Å²) >= 11 is 0. The van der Waals surface area contributed by atoms with E-state index in [2.05, 4.69) is 65.0 Å². The monoisotopic (exact) mass is 458 g/mol. The van der Waals surface area contributed by atoms with E-state index in [9.17, 15) is 0 Å². The van der Waals surface area contributed by atoms with Gasteiger partial charge in [0.15, 0.2) is 0 Å². The van der Waals surface area contributed by atoms with Crippen molar-refractivity contribution in [2.75, 3.05) is 34.1 Å². The lowest BCUT2D eigenvalue weighted by Gasteiger charge is -2.52. The SMILES string of the molecule is C=C[C@H]1CN2CC[C@H]1C[C@@H]2[C@H](c1ccccc1COCOC)c1ccnc2ccc(OC)cc12.